The van der Waals surface area contributed by atoms with Crippen molar-refractivity contribution < 1.29 is 4.74 Å². The number of hydrogen-bond acceptors (Lipinski definition) is 3. The Morgan fingerprint density at radius 1 is 1.50 bits per heavy atom. The van der Waals surface area contributed by atoms with Crippen molar-refractivity contribution in [1.82, 2.24) is 10.2 Å². The second-order valence-corrected chi connectivity index (χ2v) is 5.19. The summed E-state index contributed by atoms with van der Waals surface area (Å²) in [5.41, 5.74) is 0. The average molecular weight is 196 g/mol. The van der Waals surface area contributed by atoms with Gasteiger partial charge < -0.3 is 10.1 Å². The van der Waals surface area contributed by atoms with Crippen LogP contribution in [0.15, 0.2) is 0 Å². The summed E-state index contributed by atoms with van der Waals surface area (Å²) < 4.78 is 5.61. The average Bonchev–Trinajstić information content (AvgIpc) is 2.60. The molecule has 3 rings (SSSR count). The van der Waals surface area contributed by atoms with Crippen molar-refractivity contribution in [3.8, 4) is 0 Å². The van der Waals surface area contributed by atoms with E-state index in [1.54, 1.807) is 0 Å². The number of ether oxygens (including phenoxy) is 1. The number of hydrogen-bond donors (Lipinski definition) is 1. The van der Waals surface area contributed by atoms with E-state index >= 15 is 0 Å². The topological polar surface area (TPSA) is 24.5 Å². The molecule has 3 aliphatic rings. The minimum atomic E-state index is 0.562. The van der Waals surface area contributed by atoms with E-state index < -0.39 is 0 Å². The second-order valence-electron chi connectivity index (χ2n) is 5.19. The standard InChI is InChI=1S/C11H20N2O/c1-8(9-3-12-4-9)5-13-6-11-2-10(13)7-14-11/h8-12H,2-7H2,1H3. The van der Waals surface area contributed by atoms with E-state index in [1.165, 1.54) is 32.6 Å². The van der Waals surface area contributed by atoms with Gasteiger partial charge in [0.2, 0.25) is 0 Å². The summed E-state index contributed by atoms with van der Waals surface area (Å²) in [4.78, 5) is 2.65. The molecule has 3 heteroatoms. The Labute approximate surface area is 85.8 Å². The number of rotatable bonds is 3. The summed E-state index contributed by atoms with van der Waals surface area (Å²) in [7, 11) is 0. The van der Waals surface area contributed by atoms with Gasteiger partial charge in [-0.3, -0.25) is 4.90 Å². The van der Waals surface area contributed by atoms with Crippen LogP contribution >= 0.6 is 0 Å². The molecule has 0 aromatic heterocycles. The number of likely N-dealkylation sites (tertiary alicyclic amines) is 1. The molecule has 3 nitrogen and oxygen atoms in total. The van der Waals surface area contributed by atoms with Crippen LogP contribution in [0, 0.1) is 11.8 Å². The molecule has 0 aromatic rings. The Morgan fingerprint density at radius 3 is 2.86 bits per heavy atom. The molecule has 0 aromatic carbocycles. The lowest BCUT2D eigenvalue weighted by Gasteiger charge is -2.37. The van der Waals surface area contributed by atoms with Gasteiger partial charge in [0.1, 0.15) is 0 Å². The van der Waals surface area contributed by atoms with Gasteiger partial charge in [-0.15, -0.1) is 0 Å². The van der Waals surface area contributed by atoms with E-state index in [4.69, 9.17) is 4.74 Å². The number of nitrogens with one attached hydrogen (secondary N) is 1. The zero-order chi connectivity index (χ0) is 9.54. The molecule has 3 saturated heterocycles. The Bertz CT molecular complexity index is 217. The number of fused-ring (bicyclic) bond motifs is 2. The van der Waals surface area contributed by atoms with Crippen molar-refractivity contribution in [2.24, 2.45) is 11.8 Å². The van der Waals surface area contributed by atoms with Crippen molar-refractivity contribution in [3.63, 3.8) is 0 Å². The van der Waals surface area contributed by atoms with Crippen molar-refractivity contribution in [2.75, 3.05) is 32.8 Å². The summed E-state index contributed by atoms with van der Waals surface area (Å²) >= 11 is 0. The fourth-order valence-electron chi connectivity index (χ4n) is 2.94. The van der Waals surface area contributed by atoms with Gasteiger partial charge >= 0.3 is 0 Å². The summed E-state index contributed by atoms with van der Waals surface area (Å²) in [6, 6.07) is 0.746. The zero-order valence-corrected chi connectivity index (χ0v) is 8.91. The largest absolute Gasteiger partial charge is 0.375 e. The van der Waals surface area contributed by atoms with Crippen molar-refractivity contribution in [1.29, 1.82) is 0 Å². The van der Waals surface area contributed by atoms with E-state index in [0.717, 1.165) is 24.5 Å². The highest BCUT2D eigenvalue weighted by Crippen LogP contribution is 2.29. The lowest BCUT2D eigenvalue weighted by molar-refractivity contribution is 0.0191. The van der Waals surface area contributed by atoms with Gasteiger partial charge in [0.25, 0.3) is 0 Å². The van der Waals surface area contributed by atoms with Gasteiger partial charge in [-0.1, -0.05) is 6.92 Å². The van der Waals surface area contributed by atoms with Crippen molar-refractivity contribution >= 4 is 0 Å². The summed E-state index contributed by atoms with van der Waals surface area (Å²) in [6.45, 7) is 8.34. The number of nitrogens with zero attached hydrogens (tertiary/aromatic N) is 1. The molecule has 0 amide bonds. The van der Waals surface area contributed by atoms with Crippen LogP contribution in [-0.4, -0.2) is 49.8 Å². The van der Waals surface area contributed by atoms with Gasteiger partial charge in [-0.25, -0.2) is 0 Å². The molecule has 3 heterocycles. The second kappa shape index (κ2) is 3.47. The van der Waals surface area contributed by atoms with Crippen LogP contribution < -0.4 is 5.32 Å². The van der Waals surface area contributed by atoms with E-state index in [1.807, 2.05) is 0 Å². The van der Waals surface area contributed by atoms with E-state index in [2.05, 4.69) is 17.1 Å². The first kappa shape index (κ1) is 9.13. The zero-order valence-electron chi connectivity index (χ0n) is 8.91. The molecule has 2 bridgehead atoms. The lowest BCUT2D eigenvalue weighted by atomic mass is 9.88. The van der Waals surface area contributed by atoms with Crippen LogP contribution in [0.4, 0.5) is 0 Å². The maximum Gasteiger partial charge on any atom is 0.0718 e. The van der Waals surface area contributed by atoms with Gasteiger partial charge in [-0.05, 0) is 31.3 Å². The quantitative estimate of drug-likeness (QED) is 0.703. The number of morpholine rings is 1. The summed E-state index contributed by atoms with van der Waals surface area (Å²) in [6.07, 6.45) is 1.85. The minimum absolute atomic E-state index is 0.562. The van der Waals surface area contributed by atoms with E-state index in [9.17, 15) is 0 Å². The molecule has 1 N–H and O–H groups in total. The molecule has 0 aliphatic carbocycles. The summed E-state index contributed by atoms with van der Waals surface area (Å²) in [5, 5.41) is 3.36. The molecular formula is C11H20N2O. The van der Waals surface area contributed by atoms with Crippen LogP contribution in [-0.2, 0) is 4.74 Å². The first-order valence-electron chi connectivity index (χ1n) is 5.89. The maximum atomic E-state index is 5.61. The van der Waals surface area contributed by atoms with E-state index in [-0.39, 0.29) is 0 Å². The highest BCUT2D eigenvalue weighted by atomic mass is 16.5. The van der Waals surface area contributed by atoms with E-state index in [0.29, 0.717) is 6.10 Å². The first-order chi connectivity index (χ1) is 6.83. The Kier molecular flexibility index (Phi) is 2.26. The molecule has 0 saturated carbocycles. The predicted molar refractivity (Wildman–Crippen MR) is 55.2 cm³/mol. The van der Waals surface area contributed by atoms with Gasteiger partial charge in [0.15, 0.2) is 0 Å². The monoisotopic (exact) mass is 196 g/mol. The Hall–Kier alpha value is -0.120. The maximum absolute atomic E-state index is 5.61. The van der Waals surface area contributed by atoms with Gasteiger partial charge in [-0.2, -0.15) is 0 Å². The molecule has 3 unspecified atom stereocenters. The Balaban J connectivity index is 1.52. The normalized spacial score (nSPS) is 40.1. The third-order valence-corrected chi connectivity index (χ3v) is 4.15. The molecule has 3 fully saturated rings. The molecule has 3 aliphatic heterocycles. The molecule has 0 radical (unpaired) electrons. The lowest BCUT2D eigenvalue weighted by Crippen LogP contribution is -2.49. The van der Waals surface area contributed by atoms with Crippen LogP contribution in [0.3, 0.4) is 0 Å². The SMILES string of the molecule is CC(CN1CC2CC1CO2)C1CNC1. The van der Waals surface area contributed by atoms with Crippen LogP contribution in [0.1, 0.15) is 13.3 Å². The highest BCUT2D eigenvalue weighted by Gasteiger charge is 2.40. The van der Waals surface area contributed by atoms with Crippen LogP contribution in [0.5, 0.6) is 0 Å². The fraction of sp³-hybridized carbons (Fsp3) is 1.00. The Morgan fingerprint density at radius 2 is 2.36 bits per heavy atom. The van der Waals surface area contributed by atoms with Gasteiger partial charge in [0.05, 0.1) is 12.7 Å². The van der Waals surface area contributed by atoms with Crippen LogP contribution in [0.25, 0.3) is 0 Å². The fourth-order valence-corrected chi connectivity index (χ4v) is 2.94. The molecule has 3 atom stereocenters. The highest BCUT2D eigenvalue weighted by molar-refractivity contribution is 4.93. The third kappa shape index (κ3) is 1.47. The molecule has 0 spiro atoms. The minimum Gasteiger partial charge on any atom is -0.375 e. The molecule has 80 valence electrons. The predicted octanol–water partition coefficient (Wildman–Crippen LogP) is 0.315. The van der Waals surface area contributed by atoms with Gasteiger partial charge in [0, 0.05) is 19.1 Å². The smallest absolute Gasteiger partial charge is 0.0718 e. The van der Waals surface area contributed by atoms with Crippen molar-refractivity contribution in [2.45, 2.75) is 25.5 Å². The third-order valence-electron chi connectivity index (χ3n) is 4.15. The van der Waals surface area contributed by atoms with Crippen LogP contribution in [0.2, 0.25) is 0 Å². The molecular weight excluding hydrogens is 176 g/mol. The first-order valence-corrected chi connectivity index (χ1v) is 5.89. The van der Waals surface area contributed by atoms with Crippen molar-refractivity contribution in [3.05, 3.63) is 0 Å². The summed E-state index contributed by atoms with van der Waals surface area (Å²) in [5.74, 6) is 1.78. The molecule has 14 heavy (non-hydrogen) atoms.